The Morgan fingerprint density at radius 2 is 1.77 bits per heavy atom. The molecule has 0 aliphatic carbocycles. The number of hydrogen-bond acceptors (Lipinski definition) is 4. The minimum absolute atomic E-state index is 0.371. The first-order chi connectivity index (χ1) is 12.6. The third kappa shape index (κ3) is 5.15. The van der Waals surface area contributed by atoms with E-state index in [1.807, 2.05) is 32.0 Å². The lowest BCUT2D eigenvalue weighted by molar-refractivity contribution is -0.138. The maximum Gasteiger partial charge on any atom is 0.311 e. The molecule has 1 atom stereocenters. The first-order valence-corrected chi connectivity index (χ1v) is 8.84. The molecule has 2 rings (SSSR count). The number of ether oxygens (including phenoxy) is 3. The topological polar surface area (TPSA) is 65.0 Å². The van der Waals surface area contributed by atoms with Crippen LogP contribution in [0.3, 0.4) is 0 Å². The van der Waals surface area contributed by atoms with Gasteiger partial charge in [0.1, 0.15) is 5.75 Å². The predicted molar refractivity (Wildman–Crippen MR) is 100 cm³/mol. The molecular weight excluding hydrogens is 332 g/mol. The van der Waals surface area contributed by atoms with E-state index in [2.05, 4.69) is 0 Å². The standard InChI is InChI=1S/C21H26O5/c1-4-12-26-19-11-6-15(14-20(19)25-5-2)13-18(21(22)23)16-7-9-17(24-3)10-8-16/h6-11,14,18H,4-5,12-13H2,1-3H3,(H,22,23). The van der Waals surface area contributed by atoms with Crippen LogP contribution in [0, 0.1) is 0 Å². The van der Waals surface area contributed by atoms with Crippen LogP contribution >= 0.6 is 0 Å². The Hall–Kier alpha value is -2.69. The Balaban J connectivity index is 2.24. The first kappa shape index (κ1) is 19.6. The second kappa shape index (κ2) is 9.70. The van der Waals surface area contributed by atoms with E-state index in [-0.39, 0.29) is 0 Å². The Labute approximate surface area is 154 Å². The molecule has 0 saturated carbocycles. The Morgan fingerprint density at radius 1 is 1.04 bits per heavy atom. The van der Waals surface area contributed by atoms with Gasteiger partial charge < -0.3 is 19.3 Å². The Morgan fingerprint density at radius 3 is 2.35 bits per heavy atom. The number of carboxylic acid groups (broad SMARTS) is 1. The fourth-order valence-corrected chi connectivity index (χ4v) is 2.70. The van der Waals surface area contributed by atoms with Crippen LogP contribution in [0.1, 0.15) is 37.3 Å². The number of rotatable bonds is 10. The SMILES string of the molecule is CCCOc1ccc(CC(C(=O)O)c2ccc(OC)cc2)cc1OCC. The van der Waals surface area contributed by atoms with Crippen molar-refractivity contribution in [3.8, 4) is 17.2 Å². The van der Waals surface area contributed by atoms with E-state index < -0.39 is 11.9 Å². The fourth-order valence-electron chi connectivity index (χ4n) is 2.70. The van der Waals surface area contributed by atoms with Crippen LogP contribution in [0.2, 0.25) is 0 Å². The summed E-state index contributed by atoms with van der Waals surface area (Å²) < 4.78 is 16.5. The number of benzene rings is 2. The van der Waals surface area contributed by atoms with Crippen LogP contribution < -0.4 is 14.2 Å². The van der Waals surface area contributed by atoms with Gasteiger partial charge in [0, 0.05) is 0 Å². The molecule has 2 aromatic carbocycles. The smallest absolute Gasteiger partial charge is 0.311 e. The maximum absolute atomic E-state index is 11.8. The van der Waals surface area contributed by atoms with Crippen molar-refractivity contribution in [1.29, 1.82) is 0 Å². The van der Waals surface area contributed by atoms with Crippen LogP contribution in [0.4, 0.5) is 0 Å². The molecule has 140 valence electrons. The van der Waals surface area contributed by atoms with Crippen molar-refractivity contribution >= 4 is 5.97 Å². The van der Waals surface area contributed by atoms with Gasteiger partial charge in [0.15, 0.2) is 11.5 Å². The quantitative estimate of drug-likeness (QED) is 0.686. The molecule has 0 aliphatic rings. The second-order valence-corrected chi connectivity index (χ2v) is 5.93. The van der Waals surface area contributed by atoms with Gasteiger partial charge in [-0.1, -0.05) is 25.1 Å². The van der Waals surface area contributed by atoms with Crippen molar-refractivity contribution < 1.29 is 24.1 Å². The molecule has 1 N–H and O–H groups in total. The average molecular weight is 358 g/mol. The normalized spacial score (nSPS) is 11.7. The first-order valence-electron chi connectivity index (χ1n) is 8.84. The van der Waals surface area contributed by atoms with Crippen LogP contribution in [-0.2, 0) is 11.2 Å². The van der Waals surface area contributed by atoms with Crippen molar-refractivity contribution in [3.05, 3.63) is 53.6 Å². The van der Waals surface area contributed by atoms with Crippen LogP contribution in [0.15, 0.2) is 42.5 Å². The molecule has 5 heteroatoms. The van der Waals surface area contributed by atoms with Crippen molar-refractivity contribution in [3.63, 3.8) is 0 Å². The predicted octanol–water partition coefficient (Wildman–Crippen LogP) is 4.29. The summed E-state index contributed by atoms with van der Waals surface area (Å²) in [5.74, 6) is 0.539. The molecule has 2 aromatic rings. The number of methoxy groups -OCH3 is 1. The van der Waals surface area contributed by atoms with Gasteiger partial charge in [0.25, 0.3) is 0 Å². The third-order valence-corrected chi connectivity index (χ3v) is 4.03. The summed E-state index contributed by atoms with van der Waals surface area (Å²) in [7, 11) is 1.58. The molecule has 0 aliphatic heterocycles. The molecular formula is C21H26O5. The molecule has 0 amide bonds. The highest BCUT2D eigenvalue weighted by Crippen LogP contribution is 2.31. The van der Waals surface area contributed by atoms with E-state index in [1.54, 1.807) is 31.4 Å². The van der Waals surface area contributed by atoms with Gasteiger partial charge in [-0.2, -0.15) is 0 Å². The lowest BCUT2D eigenvalue weighted by Crippen LogP contribution is -2.14. The van der Waals surface area contributed by atoms with Gasteiger partial charge in [-0.05, 0) is 55.2 Å². The number of carboxylic acids is 1. The summed E-state index contributed by atoms with van der Waals surface area (Å²) >= 11 is 0. The van der Waals surface area contributed by atoms with Crippen molar-refractivity contribution in [2.75, 3.05) is 20.3 Å². The van der Waals surface area contributed by atoms with E-state index in [1.165, 1.54) is 0 Å². The zero-order chi connectivity index (χ0) is 18.9. The maximum atomic E-state index is 11.8. The second-order valence-electron chi connectivity index (χ2n) is 5.93. The van der Waals surface area contributed by atoms with Gasteiger partial charge in [-0.25, -0.2) is 0 Å². The molecule has 0 saturated heterocycles. The summed E-state index contributed by atoms with van der Waals surface area (Å²) in [6.07, 6.45) is 1.28. The molecule has 0 aromatic heterocycles. The number of aliphatic carboxylic acids is 1. The largest absolute Gasteiger partial charge is 0.497 e. The zero-order valence-electron chi connectivity index (χ0n) is 15.5. The third-order valence-electron chi connectivity index (χ3n) is 4.03. The van der Waals surface area contributed by atoms with E-state index >= 15 is 0 Å². The Kier molecular flexibility index (Phi) is 7.33. The molecule has 0 bridgehead atoms. The van der Waals surface area contributed by atoms with Crippen LogP contribution in [-0.4, -0.2) is 31.4 Å². The van der Waals surface area contributed by atoms with Gasteiger partial charge in [-0.15, -0.1) is 0 Å². The number of hydrogen-bond donors (Lipinski definition) is 1. The van der Waals surface area contributed by atoms with Crippen molar-refractivity contribution in [2.45, 2.75) is 32.6 Å². The highest BCUT2D eigenvalue weighted by Gasteiger charge is 2.21. The monoisotopic (exact) mass is 358 g/mol. The number of carbonyl (C=O) groups is 1. The molecule has 1 unspecified atom stereocenters. The van der Waals surface area contributed by atoms with E-state index in [4.69, 9.17) is 14.2 Å². The summed E-state index contributed by atoms with van der Waals surface area (Å²) in [6.45, 7) is 5.09. The van der Waals surface area contributed by atoms with Crippen LogP contribution in [0.5, 0.6) is 17.2 Å². The lowest BCUT2D eigenvalue weighted by atomic mass is 9.92. The molecule has 0 fully saturated rings. The lowest BCUT2D eigenvalue weighted by Gasteiger charge is -2.16. The highest BCUT2D eigenvalue weighted by molar-refractivity contribution is 5.76. The van der Waals surface area contributed by atoms with Crippen LogP contribution in [0.25, 0.3) is 0 Å². The minimum atomic E-state index is -0.862. The van der Waals surface area contributed by atoms with Crippen molar-refractivity contribution in [1.82, 2.24) is 0 Å². The summed E-state index contributed by atoms with van der Waals surface area (Å²) in [5.41, 5.74) is 1.63. The highest BCUT2D eigenvalue weighted by atomic mass is 16.5. The summed E-state index contributed by atoms with van der Waals surface area (Å²) in [5, 5.41) is 9.67. The van der Waals surface area contributed by atoms with E-state index in [0.717, 1.165) is 17.5 Å². The summed E-state index contributed by atoms with van der Waals surface area (Å²) in [6, 6.07) is 12.8. The average Bonchev–Trinajstić information content (AvgIpc) is 2.65. The Bertz CT molecular complexity index is 709. The van der Waals surface area contributed by atoms with Gasteiger partial charge in [0.2, 0.25) is 0 Å². The van der Waals surface area contributed by atoms with Crippen molar-refractivity contribution in [2.24, 2.45) is 0 Å². The molecule has 26 heavy (non-hydrogen) atoms. The van der Waals surface area contributed by atoms with Gasteiger partial charge in [-0.3, -0.25) is 4.79 Å². The molecule has 0 spiro atoms. The fraction of sp³-hybridized carbons (Fsp3) is 0.381. The van der Waals surface area contributed by atoms with E-state index in [9.17, 15) is 9.90 Å². The zero-order valence-corrected chi connectivity index (χ0v) is 15.5. The molecule has 5 nitrogen and oxygen atoms in total. The summed E-state index contributed by atoms with van der Waals surface area (Å²) in [4.78, 5) is 11.8. The molecule has 0 radical (unpaired) electrons. The minimum Gasteiger partial charge on any atom is -0.497 e. The van der Waals surface area contributed by atoms with E-state index in [0.29, 0.717) is 36.9 Å². The molecule has 0 heterocycles. The van der Waals surface area contributed by atoms with Gasteiger partial charge >= 0.3 is 5.97 Å². The van der Waals surface area contributed by atoms with Gasteiger partial charge in [0.05, 0.1) is 26.2 Å².